The fraction of sp³-hybridized carbons (Fsp3) is 0.917. The summed E-state index contributed by atoms with van der Waals surface area (Å²) in [5.74, 6) is -0.0934. The summed E-state index contributed by atoms with van der Waals surface area (Å²) in [6.45, 7) is 5.35. The molecule has 0 rings (SSSR count). The van der Waals surface area contributed by atoms with Gasteiger partial charge in [-0.3, -0.25) is 4.79 Å². The van der Waals surface area contributed by atoms with Crippen molar-refractivity contribution in [3.63, 3.8) is 0 Å². The summed E-state index contributed by atoms with van der Waals surface area (Å²) in [4.78, 5) is 17.0. The molecule has 0 heterocycles. The van der Waals surface area contributed by atoms with Crippen molar-refractivity contribution in [3.8, 4) is 0 Å². The Bertz CT molecular complexity index is 504. The minimum Gasteiger partial charge on any atom is -1.00 e. The van der Waals surface area contributed by atoms with Crippen LogP contribution in [0.25, 0.3) is 0 Å². The molecular weight excluding hydrogens is 501 g/mol. The van der Waals surface area contributed by atoms with Crippen molar-refractivity contribution >= 4 is 5.97 Å². The van der Waals surface area contributed by atoms with Gasteiger partial charge in [0.2, 0.25) is 0 Å². The molecule has 0 atom stereocenters. The van der Waals surface area contributed by atoms with Gasteiger partial charge in [0, 0.05) is 13.0 Å². The molecular formula is C36H72NNaO2. The van der Waals surface area contributed by atoms with E-state index in [2.05, 4.69) is 31.5 Å². The quantitative estimate of drug-likeness (QED) is 0.0368. The standard InChI is InChI=1S/C36H71NO2.Na.H/c1-3-5-7-9-11-13-15-17-19-21-23-25-27-29-31-33-35-37-39-36(38)34-32-30-28-26-24-22-20-18-16-14-12-10-8-6-4-2;;/h18,20,37H,3-17,19,21-35H2,1-2H3;;/q;+1;-1/b20-18-;;. The monoisotopic (exact) mass is 574 g/mol. The Kier molecular flexibility index (Phi) is 41.4. The first-order chi connectivity index (χ1) is 19.3. The van der Waals surface area contributed by atoms with E-state index in [1.54, 1.807) is 0 Å². The molecule has 0 bridgehead atoms. The summed E-state index contributed by atoms with van der Waals surface area (Å²) in [5, 5.41) is 0. The fourth-order valence-electron chi connectivity index (χ4n) is 5.27. The smallest absolute Gasteiger partial charge is 1.00 e. The van der Waals surface area contributed by atoms with E-state index in [1.807, 2.05) is 0 Å². The molecule has 0 aromatic carbocycles. The molecule has 4 heteroatoms. The maximum Gasteiger partial charge on any atom is 1.00 e. The van der Waals surface area contributed by atoms with Gasteiger partial charge in [-0.2, -0.15) is 5.48 Å². The second-order valence-electron chi connectivity index (χ2n) is 12.0. The number of carbonyl (C=O) groups is 1. The molecule has 40 heavy (non-hydrogen) atoms. The van der Waals surface area contributed by atoms with Crippen LogP contribution in [0.3, 0.4) is 0 Å². The molecule has 0 unspecified atom stereocenters. The number of rotatable bonds is 33. The zero-order chi connectivity index (χ0) is 28.3. The second kappa shape index (κ2) is 39.2. The fourth-order valence-corrected chi connectivity index (χ4v) is 5.27. The molecule has 0 saturated carbocycles. The van der Waals surface area contributed by atoms with Crippen LogP contribution in [-0.2, 0) is 9.63 Å². The average Bonchev–Trinajstić information content (AvgIpc) is 2.94. The molecule has 0 aromatic rings. The molecule has 0 aliphatic rings. The Morgan fingerprint density at radius 2 is 0.825 bits per heavy atom. The minimum absolute atomic E-state index is 0. The maximum atomic E-state index is 11.9. The minimum atomic E-state index is -0.0934. The summed E-state index contributed by atoms with van der Waals surface area (Å²) in [5.41, 5.74) is 2.88. The van der Waals surface area contributed by atoms with Gasteiger partial charge in [0.15, 0.2) is 0 Å². The van der Waals surface area contributed by atoms with E-state index in [0.29, 0.717) is 6.42 Å². The predicted molar refractivity (Wildman–Crippen MR) is 174 cm³/mol. The van der Waals surface area contributed by atoms with Crippen LogP contribution in [0.15, 0.2) is 12.2 Å². The Labute approximate surface area is 275 Å². The van der Waals surface area contributed by atoms with Gasteiger partial charge in [0.05, 0.1) is 0 Å². The van der Waals surface area contributed by atoms with Crippen LogP contribution in [0, 0.1) is 0 Å². The molecule has 0 amide bonds. The van der Waals surface area contributed by atoms with E-state index in [9.17, 15) is 4.79 Å². The van der Waals surface area contributed by atoms with E-state index in [4.69, 9.17) is 4.84 Å². The molecule has 3 nitrogen and oxygen atoms in total. The number of allylic oxidation sites excluding steroid dienone is 2. The first-order valence-electron chi connectivity index (χ1n) is 17.9. The van der Waals surface area contributed by atoms with Crippen LogP contribution in [0.4, 0.5) is 0 Å². The van der Waals surface area contributed by atoms with Gasteiger partial charge in [0.1, 0.15) is 0 Å². The largest absolute Gasteiger partial charge is 1.00 e. The number of hydrogen-bond donors (Lipinski definition) is 1. The number of hydrogen-bond acceptors (Lipinski definition) is 3. The van der Waals surface area contributed by atoms with Crippen LogP contribution in [-0.4, -0.2) is 12.5 Å². The third-order valence-corrected chi connectivity index (χ3v) is 7.96. The maximum absolute atomic E-state index is 11.9. The zero-order valence-electron chi connectivity index (χ0n) is 28.9. The number of nitrogens with one attached hydrogen (secondary N) is 1. The topological polar surface area (TPSA) is 38.3 Å². The number of hydroxylamine groups is 1. The zero-order valence-corrected chi connectivity index (χ0v) is 29.9. The van der Waals surface area contributed by atoms with Gasteiger partial charge in [0.25, 0.3) is 0 Å². The van der Waals surface area contributed by atoms with Crippen molar-refractivity contribution in [3.05, 3.63) is 12.2 Å². The van der Waals surface area contributed by atoms with E-state index in [-0.39, 0.29) is 37.0 Å². The van der Waals surface area contributed by atoms with Crippen LogP contribution in [0.2, 0.25) is 0 Å². The third-order valence-electron chi connectivity index (χ3n) is 7.96. The first kappa shape index (κ1) is 42.3. The summed E-state index contributed by atoms with van der Waals surface area (Å²) in [6, 6.07) is 0. The Hall–Kier alpha value is 0.170. The first-order valence-corrected chi connectivity index (χ1v) is 17.9. The molecule has 0 aliphatic heterocycles. The van der Waals surface area contributed by atoms with Crippen molar-refractivity contribution in [2.45, 2.75) is 206 Å². The normalized spacial score (nSPS) is 11.2. The number of unbranched alkanes of at least 4 members (excludes halogenated alkanes) is 26. The van der Waals surface area contributed by atoms with Gasteiger partial charge >= 0.3 is 35.5 Å². The predicted octanol–water partition coefficient (Wildman–Crippen LogP) is 9.45. The molecule has 0 aliphatic carbocycles. The second-order valence-corrected chi connectivity index (χ2v) is 12.0. The van der Waals surface area contributed by atoms with Gasteiger partial charge < -0.3 is 6.26 Å². The van der Waals surface area contributed by atoms with Crippen LogP contribution in [0.5, 0.6) is 0 Å². The summed E-state index contributed by atoms with van der Waals surface area (Å²) >= 11 is 0. The molecule has 0 aromatic heterocycles. The summed E-state index contributed by atoms with van der Waals surface area (Å²) < 4.78 is 0. The Morgan fingerprint density at radius 3 is 1.23 bits per heavy atom. The summed E-state index contributed by atoms with van der Waals surface area (Å²) in [7, 11) is 0. The SMILES string of the molecule is CCCCCCCC/C=C\CCCCCCCC(=O)ONCCCCCCCCCCCCCCCCCC.[H-].[Na+]. The van der Waals surface area contributed by atoms with Crippen molar-refractivity contribution < 1.29 is 40.6 Å². The summed E-state index contributed by atoms with van der Waals surface area (Å²) in [6.07, 6.45) is 44.0. The van der Waals surface area contributed by atoms with Crippen molar-refractivity contribution in [2.24, 2.45) is 0 Å². The van der Waals surface area contributed by atoms with Gasteiger partial charge in [-0.15, -0.1) is 0 Å². The van der Waals surface area contributed by atoms with E-state index < -0.39 is 0 Å². The van der Waals surface area contributed by atoms with Crippen molar-refractivity contribution in [2.75, 3.05) is 6.54 Å². The number of carbonyl (C=O) groups excluding carboxylic acids is 1. The van der Waals surface area contributed by atoms with Crippen molar-refractivity contribution in [1.82, 2.24) is 5.48 Å². The molecule has 0 saturated heterocycles. The van der Waals surface area contributed by atoms with E-state index in [1.165, 1.54) is 167 Å². The van der Waals surface area contributed by atoms with Crippen LogP contribution in [0.1, 0.15) is 208 Å². The Balaban J connectivity index is -0.00000722. The third kappa shape index (κ3) is 38.2. The van der Waals surface area contributed by atoms with E-state index >= 15 is 0 Å². The molecule has 0 spiro atoms. The van der Waals surface area contributed by atoms with Crippen LogP contribution >= 0.6 is 0 Å². The van der Waals surface area contributed by atoms with Gasteiger partial charge in [-0.25, -0.2) is 0 Å². The van der Waals surface area contributed by atoms with Gasteiger partial charge in [-0.05, 0) is 38.5 Å². The van der Waals surface area contributed by atoms with Crippen LogP contribution < -0.4 is 35.0 Å². The molecule has 234 valence electrons. The van der Waals surface area contributed by atoms with E-state index in [0.717, 1.165) is 25.8 Å². The van der Waals surface area contributed by atoms with Gasteiger partial charge in [-0.1, -0.05) is 174 Å². The molecule has 1 N–H and O–H groups in total. The van der Waals surface area contributed by atoms with Crippen molar-refractivity contribution in [1.29, 1.82) is 0 Å². The molecule has 0 radical (unpaired) electrons. The average molecular weight is 574 g/mol. The molecule has 0 fully saturated rings. The Morgan fingerprint density at radius 1 is 0.500 bits per heavy atom.